The molecule has 0 aromatic heterocycles. The van der Waals surface area contributed by atoms with Gasteiger partial charge in [0.2, 0.25) is 0 Å². The molecule has 0 spiro atoms. The average Bonchev–Trinajstić information content (AvgIpc) is 2.60. The van der Waals surface area contributed by atoms with Gasteiger partial charge in [-0.2, -0.15) is 5.26 Å². The van der Waals surface area contributed by atoms with Crippen LogP contribution >= 0.6 is 11.8 Å². The summed E-state index contributed by atoms with van der Waals surface area (Å²) >= 11 is 1.67. The summed E-state index contributed by atoms with van der Waals surface area (Å²) in [6, 6.07) is 8.19. The third-order valence-electron chi connectivity index (χ3n) is 2.44. The number of nitrogens with zero attached hydrogens (tertiary/aromatic N) is 1. The first-order valence-electron chi connectivity index (χ1n) is 5.71. The normalized spacial score (nSPS) is 15.8. The number of hydrogen-bond acceptors (Lipinski definition) is 4. The molecular weight excluding hydrogens is 234 g/mol. The lowest BCUT2D eigenvalue weighted by atomic mass is 10.3. The van der Waals surface area contributed by atoms with Crippen molar-refractivity contribution in [1.29, 1.82) is 5.26 Å². The molecule has 0 fully saturated rings. The average molecular weight is 249 g/mol. The highest BCUT2D eigenvalue weighted by molar-refractivity contribution is 7.99. The highest BCUT2D eigenvalue weighted by Crippen LogP contribution is 2.34. The van der Waals surface area contributed by atoms with E-state index in [9.17, 15) is 0 Å². The zero-order valence-corrected chi connectivity index (χ0v) is 10.6. The fourth-order valence-electron chi connectivity index (χ4n) is 1.49. The number of rotatable bonds is 3. The van der Waals surface area contributed by atoms with E-state index in [1.165, 1.54) is 0 Å². The molecule has 0 saturated carbocycles. The van der Waals surface area contributed by atoms with Crippen molar-refractivity contribution in [2.75, 3.05) is 19.0 Å². The molecule has 1 unspecified atom stereocenters. The molecule has 17 heavy (non-hydrogen) atoms. The van der Waals surface area contributed by atoms with Gasteiger partial charge in [-0.3, -0.25) is 0 Å². The van der Waals surface area contributed by atoms with E-state index in [1.807, 2.05) is 25.1 Å². The van der Waals surface area contributed by atoms with Gasteiger partial charge in [-0.05, 0) is 25.1 Å². The van der Waals surface area contributed by atoms with Crippen molar-refractivity contribution in [3.8, 4) is 17.6 Å². The predicted molar refractivity (Wildman–Crippen MR) is 67.6 cm³/mol. The van der Waals surface area contributed by atoms with Gasteiger partial charge in [0.25, 0.3) is 0 Å². The largest absolute Gasteiger partial charge is 0.490 e. The SMILES string of the molecule is CC(C#N)CSc1ccc2c(c1)OCCCO2. The molecule has 0 amide bonds. The minimum Gasteiger partial charge on any atom is -0.490 e. The molecule has 1 aromatic carbocycles. The Morgan fingerprint density at radius 2 is 2.12 bits per heavy atom. The molecule has 1 aromatic rings. The lowest BCUT2D eigenvalue weighted by molar-refractivity contribution is 0.297. The van der Waals surface area contributed by atoms with Crippen molar-refractivity contribution < 1.29 is 9.47 Å². The lowest BCUT2D eigenvalue weighted by Crippen LogP contribution is -1.97. The van der Waals surface area contributed by atoms with Crippen LogP contribution in [0.25, 0.3) is 0 Å². The van der Waals surface area contributed by atoms with Crippen LogP contribution in [0.2, 0.25) is 0 Å². The van der Waals surface area contributed by atoms with Gasteiger partial charge in [0.1, 0.15) is 0 Å². The highest BCUT2D eigenvalue weighted by atomic mass is 32.2. The Hall–Kier alpha value is -1.34. The summed E-state index contributed by atoms with van der Waals surface area (Å²) in [7, 11) is 0. The number of benzene rings is 1. The Kier molecular flexibility index (Phi) is 4.16. The molecule has 0 aliphatic carbocycles. The van der Waals surface area contributed by atoms with Crippen molar-refractivity contribution in [3.05, 3.63) is 18.2 Å². The van der Waals surface area contributed by atoms with Crippen molar-refractivity contribution in [3.63, 3.8) is 0 Å². The van der Waals surface area contributed by atoms with E-state index >= 15 is 0 Å². The van der Waals surface area contributed by atoms with Crippen LogP contribution in [0.5, 0.6) is 11.5 Å². The van der Waals surface area contributed by atoms with Gasteiger partial charge < -0.3 is 9.47 Å². The van der Waals surface area contributed by atoms with Gasteiger partial charge in [-0.15, -0.1) is 11.8 Å². The molecule has 0 saturated heterocycles. The summed E-state index contributed by atoms with van der Waals surface area (Å²) in [5.74, 6) is 2.50. The van der Waals surface area contributed by atoms with E-state index in [2.05, 4.69) is 6.07 Å². The van der Waals surface area contributed by atoms with E-state index in [0.29, 0.717) is 13.2 Å². The zero-order valence-electron chi connectivity index (χ0n) is 9.81. The fraction of sp³-hybridized carbons (Fsp3) is 0.462. The fourth-order valence-corrected chi connectivity index (χ4v) is 2.36. The Morgan fingerprint density at radius 1 is 1.35 bits per heavy atom. The summed E-state index contributed by atoms with van der Waals surface area (Å²) in [5, 5.41) is 8.73. The molecule has 1 heterocycles. The summed E-state index contributed by atoms with van der Waals surface area (Å²) in [4.78, 5) is 1.12. The summed E-state index contributed by atoms with van der Waals surface area (Å²) in [5.41, 5.74) is 0. The standard InChI is InChI=1S/C13H15NO2S/c1-10(8-14)9-17-11-3-4-12-13(7-11)16-6-2-5-15-12/h3-4,7,10H,2,5-6,9H2,1H3. The van der Waals surface area contributed by atoms with Gasteiger partial charge in [0.15, 0.2) is 11.5 Å². The van der Waals surface area contributed by atoms with Crippen LogP contribution in [0.3, 0.4) is 0 Å². The van der Waals surface area contributed by atoms with E-state index in [1.54, 1.807) is 11.8 Å². The molecular formula is C13H15NO2S. The van der Waals surface area contributed by atoms with Crippen LogP contribution in [-0.2, 0) is 0 Å². The van der Waals surface area contributed by atoms with E-state index in [0.717, 1.165) is 28.6 Å². The lowest BCUT2D eigenvalue weighted by Gasteiger charge is -2.09. The molecule has 0 radical (unpaired) electrons. The maximum Gasteiger partial charge on any atom is 0.162 e. The zero-order chi connectivity index (χ0) is 12.1. The van der Waals surface area contributed by atoms with Crippen molar-refractivity contribution in [2.24, 2.45) is 5.92 Å². The van der Waals surface area contributed by atoms with Crippen molar-refractivity contribution in [1.82, 2.24) is 0 Å². The quantitative estimate of drug-likeness (QED) is 0.772. The number of fused-ring (bicyclic) bond motifs is 1. The first kappa shape index (κ1) is 12.1. The first-order valence-corrected chi connectivity index (χ1v) is 6.70. The van der Waals surface area contributed by atoms with Crippen LogP contribution in [0, 0.1) is 17.2 Å². The summed E-state index contributed by atoms with van der Waals surface area (Å²) in [6.07, 6.45) is 0.919. The summed E-state index contributed by atoms with van der Waals surface area (Å²) < 4.78 is 11.2. The van der Waals surface area contributed by atoms with Gasteiger partial charge in [-0.25, -0.2) is 0 Å². The maximum atomic E-state index is 8.73. The first-order chi connectivity index (χ1) is 8.29. The topological polar surface area (TPSA) is 42.2 Å². The third kappa shape index (κ3) is 3.31. The van der Waals surface area contributed by atoms with Gasteiger partial charge in [0.05, 0.1) is 25.2 Å². The second-order valence-electron chi connectivity index (χ2n) is 4.00. The summed E-state index contributed by atoms with van der Waals surface area (Å²) in [6.45, 7) is 3.34. The monoisotopic (exact) mass is 249 g/mol. The van der Waals surface area contributed by atoms with Gasteiger partial charge in [-0.1, -0.05) is 0 Å². The Labute approximate surface area is 106 Å². The Bertz CT molecular complexity index is 428. The minimum absolute atomic E-state index is 0.0657. The number of nitriles is 1. The van der Waals surface area contributed by atoms with Crippen molar-refractivity contribution in [2.45, 2.75) is 18.2 Å². The van der Waals surface area contributed by atoms with E-state index < -0.39 is 0 Å². The van der Waals surface area contributed by atoms with Crippen LogP contribution in [-0.4, -0.2) is 19.0 Å². The molecule has 1 atom stereocenters. The van der Waals surface area contributed by atoms with E-state index in [4.69, 9.17) is 14.7 Å². The molecule has 4 heteroatoms. The van der Waals surface area contributed by atoms with Gasteiger partial charge in [0, 0.05) is 17.1 Å². The molecule has 1 aliphatic heterocycles. The molecule has 90 valence electrons. The molecule has 1 aliphatic rings. The molecule has 0 N–H and O–H groups in total. The molecule has 2 rings (SSSR count). The van der Waals surface area contributed by atoms with Crippen LogP contribution in [0.1, 0.15) is 13.3 Å². The molecule has 0 bridgehead atoms. The third-order valence-corrected chi connectivity index (χ3v) is 3.69. The van der Waals surface area contributed by atoms with E-state index in [-0.39, 0.29) is 5.92 Å². The van der Waals surface area contributed by atoms with Crippen LogP contribution in [0.15, 0.2) is 23.1 Å². The molecule has 3 nitrogen and oxygen atoms in total. The number of hydrogen-bond donors (Lipinski definition) is 0. The Morgan fingerprint density at radius 3 is 2.88 bits per heavy atom. The van der Waals surface area contributed by atoms with Crippen molar-refractivity contribution >= 4 is 11.8 Å². The Balaban J connectivity index is 2.05. The smallest absolute Gasteiger partial charge is 0.162 e. The second kappa shape index (κ2) is 5.83. The number of thioether (sulfide) groups is 1. The maximum absolute atomic E-state index is 8.73. The van der Waals surface area contributed by atoms with Crippen LogP contribution in [0.4, 0.5) is 0 Å². The van der Waals surface area contributed by atoms with Gasteiger partial charge >= 0.3 is 0 Å². The van der Waals surface area contributed by atoms with Crippen LogP contribution < -0.4 is 9.47 Å². The number of ether oxygens (including phenoxy) is 2. The second-order valence-corrected chi connectivity index (χ2v) is 5.09. The predicted octanol–water partition coefficient (Wildman–Crippen LogP) is 3.10. The highest BCUT2D eigenvalue weighted by Gasteiger charge is 2.11. The minimum atomic E-state index is 0.0657.